The van der Waals surface area contributed by atoms with Gasteiger partial charge in [-0.2, -0.15) is 9.57 Å². The Morgan fingerprint density at radius 1 is 1.63 bits per heavy atom. The zero-order valence-corrected chi connectivity index (χ0v) is 11.5. The number of nitrogens with one attached hydrogen (secondary N) is 1. The van der Waals surface area contributed by atoms with Gasteiger partial charge in [0.1, 0.15) is 11.0 Å². The summed E-state index contributed by atoms with van der Waals surface area (Å²) in [4.78, 5) is 3.82. The zero-order chi connectivity index (χ0) is 13.9. The number of rotatable bonds is 4. The van der Waals surface area contributed by atoms with Crippen LogP contribution in [-0.2, 0) is 10.0 Å². The topological polar surface area (TPSA) is 86.1 Å². The number of sulfonamides is 1. The Morgan fingerprint density at radius 2 is 2.42 bits per heavy atom. The van der Waals surface area contributed by atoms with E-state index in [1.807, 2.05) is 6.07 Å². The molecular formula is C12H16N4O2S. The lowest BCUT2D eigenvalue weighted by Crippen LogP contribution is -2.41. The lowest BCUT2D eigenvalue weighted by Gasteiger charge is -2.23. The SMILES string of the molecule is CNCC1CCCN1S(=O)(=O)c1cccnc1C#N. The fourth-order valence-corrected chi connectivity index (χ4v) is 4.16. The number of aromatic nitrogens is 1. The summed E-state index contributed by atoms with van der Waals surface area (Å²) < 4.78 is 26.7. The molecule has 1 N–H and O–H groups in total. The average Bonchev–Trinajstić information content (AvgIpc) is 2.88. The molecule has 0 aromatic carbocycles. The molecule has 1 unspecified atom stereocenters. The number of nitriles is 1. The number of hydrogen-bond donors (Lipinski definition) is 1. The third-order valence-corrected chi connectivity index (χ3v) is 5.21. The van der Waals surface area contributed by atoms with Crippen LogP contribution in [0.4, 0.5) is 0 Å². The van der Waals surface area contributed by atoms with E-state index in [4.69, 9.17) is 5.26 Å². The molecule has 6 nitrogen and oxygen atoms in total. The van der Waals surface area contributed by atoms with Gasteiger partial charge in [-0.05, 0) is 32.0 Å². The Morgan fingerprint density at radius 3 is 3.11 bits per heavy atom. The molecule has 0 aliphatic carbocycles. The Kier molecular flexibility index (Phi) is 4.14. The van der Waals surface area contributed by atoms with Gasteiger partial charge in [0.25, 0.3) is 0 Å². The van der Waals surface area contributed by atoms with E-state index in [-0.39, 0.29) is 16.6 Å². The molecule has 1 aliphatic rings. The van der Waals surface area contributed by atoms with Crippen molar-refractivity contribution >= 4 is 10.0 Å². The molecular weight excluding hydrogens is 264 g/mol. The van der Waals surface area contributed by atoms with Gasteiger partial charge in [0, 0.05) is 25.3 Å². The molecule has 0 spiro atoms. The molecule has 1 fully saturated rings. The first kappa shape index (κ1) is 13.9. The van der Waals surface area contributed by atoms with Crippen LogP contribution in [0, 0.1) is 11.3 Å². The van der Waals surface area contributed by atoms with Crippen molar-refractivity contribution in [3.8, 4) is 6.07 Å². The minimum atomic E-state index is -3.64. The monoisotopic (exact) mass is 280 g/mol. The smallest absolute Gasteiger partial charge is 0.246 e. The molecule has 0 bridgehead atoms. The van der Waals surface area contributed by atoms with Crippen LogP contribution < -0.4 is 5.32 Å². The second-order valence-corrected chi connectivity index (χ2v) is 6.29. The van der Waals surface area contributed by atoms with Crippen molar-refractivity contribution in [3.63, 3.8) is 0 Å². The van der Waals surface area contributed by atoms with E-state index >= 15 is 0 Å². The van der Waals surface area contributed by atoms with E-state index in [0.29, 0.717) is 13.1 Å². The molecule has 19 heavy (non-hydrogen) atoms. The minimum Gasteiger partial charge on any atom is -0.318 e. The molecule has 2 rings (SSSR count). The Hall–Kier alpha value is -1.49. The van der Waals surface area contributed by atoms with E-state index < -0.39 is 10.0 Å². The summed E-state index contributed by atoms with van der Waals surface area (Å²) in [6, 6.07) is 4.76. The fourth-order valence-electron chi connectivity index (χ4n) is 2.37. The first-order valence-electron chi connectivity index (χ1n) is 6.13. The summed E-state index contributed by atoms with van der Waals surface area (Å²) in [7, 11) is -1.84. The first-order valence-corrected chi connectivity index (χ1v) is 7.57. The van der Waals surface area contributed by atoms with Gasteiger partial charge >= 0.3 is 0 Å². The van der Waals surface area contributed by atoms with Gasteiger partial charge in [0.05, 0.1) is 0 Å². The standard InChI is InChI=1S/C12H16N4O2S/c1-14-9-10-4-3-7-16(10)19(17,18)12-5-2-6-15-11(12)8-13/h2,5-6,10,14H,3-4,7,9H2,1H3. The van der Waals surface area contributed by atoms with Crippen molar-refractivity contribution in [3.05, 3.63) is 24.0 Å². The maximum absolute atomic E-state index is 12.6. The Bertz CT molecular complexity index is 594. The molecule has 1 aromatic heterocycles. The largest absolute Gasteiger partial charge is 0.318 e. The van der Waals surface area contributed by atoms with Gasteiger partial charge in [-0.3, -0.25) is 0 Å². The lowest BCUT2D eigenvalue weighted by atomic mass is 10.2. The second kappa shape index (κ2) is 5.65. The molecule has 102 valence electrons. The van der Waals surface area contributed by atoms with Crippen LogP contribution in [-0.4, -0.2) is 43.9 Å². The van der Waals surface area contributed by atoms with Gasteiger partial charge in [-0.25, -0.2) is 13.4 Å². The molecule has 1 atom stereocenters. The van der Waals surface area contributed by atoms with Gasteiger partial charge in [0.15, 0.2) is 5.69 Å². The van der Waals surface area contributed by atoms with Gasteiger partial charge < -0.3 is 5.32 Å². The normalized spacial score (nSPS) is 20.3. The van der Waals surface area contributed by atoms with Crippen LogP contribution in [0.5, 0.6) is 0 Å². The van der Waals surface area contributed by atoms with Crippen molar-refractivity contribution < 1.29 is 8.42 Å². The molecule has 0 amide bonds. The van der Waals surface area contributed by atoms with E-state index in [2.05, 4.69) is 10.3 Å². The van der Waals surface area contributed by atoms with Crippen LogP contribution in [0.3, 0.4) is 0 Å². The van der Waals surface area contributed by atoms with E-state index in [9.17, 15) is 8.42 Å². The van der Waals surface area contributed by atoms with Crippen molar-refractivity contribution in [2.75, 3.05) is 20.1 Å². The third-order valence-electron chi connectivity index (χ3n) is 3.23. The highest BCUT2D eigenvalue weighted by molar-refractivity contribution is 7.89. The maximum Gasteiger partial charge on any atom is 0.246 e. The van der Waals surface area contributed by atoms with Gasteiger partial charge in [0.2, 0.25) is 10.0 Å². The molecule has 2 heterocycles. The molecule has 7 heteroatoms. The highest BCUT2D eigenvalue weighted by Gasteiger charge is 2.36. The predicted molar refractivity (Wildman–Crippen MR) is 69.8 cm³/mol. The van der Waals surface area contributed by atoms with E-state index in [1.165, 1.54) is 22.6 Å². The zero-order valence-electron chi connectivity index (χ0n) is 10.7. The highest BCUT2D eigenvalue weighted by atomic mass is 32.2. The van der Waals surface area contributed by atoms with Crippen LogP contribution in [0.1, 0.15) is 18.5 Å². The van der Waals surface area contributed by atoms with Crippen LogP contribution in [0.15, 0.2) is 23.2 Å². The molecule has 0 saturated carbocycles. The van der Waals surface area contributed by atoms with E-state index in [0.717, 1.165) is 12.8 Å². The summed E-state index contributed by atoms with van der Waals surface area (Å²) in [6.07, 6.45) is 3.10. The van der Waals surface area contributed by atoms with Gasteiger partial charge in [-0.15, -0.1) is 0 Å². The van der Waals surface area contributed by atoms with Gasteiger partial charge in [-0.1, -0.05) is 0 Å². The predicted octanol–water partition coefficient (Wildman–Crippen LogP) is 0.326. The third kappa shape index (κ3) is 2.61. The summed E-state index contributed by atoms with van der Waals surface area (Å²) in [6.45, 7) is 1.11. The highest BCUT2D eigenvalue weighted by Crippen LogP contribution is 2.26. The van der Waals surface area contributed by atoms with Crippen LogP contribution in [0.2, 0.25) is 0 Å². The second-order valence-electron chi connectivity index (χ2n) is 4.43. The summed E-state index contributed by atoms with van der Waals surface area (Å²) in [5, 5.41) is 12.0. The summed E-state index contributed by atoms with van der Waals surface area (Å²) in [5.41, 5.74) is -0.0439. The van der Waals surface area contributed by atoms with Crippen LogP contribution in [0.25, 0.3) is 0 Å². The average molecular weight is 280 g/mol. The quantitative estimate of drug-likeness (QED) is 0.858. The molecule has 1 aromatic rings. The van der Waals surface area contributed by atoms with Crippen molar-refractivity contribution in [1.82, 2.24) is 14.6 Å². The minimum absolute atomic E-state index is 0.000466. The number of likely N-dealkylation sites (N-methyl/N-ethyl adjacent to an activating group) is 1. The molecule has 1 saturated heterocycles. The Balaban J connectivity index is 2.40. The van der Waals surface area contributed by atoms with Crippen molar-refractivity contribution in [2.45, 2.75) is 23.8 Å². The van der Waals surface area contributed by atoms with Crippen LogP contribution >= 0.6 is 0 Å². The molecule has 1 aliphatic heterocycles. The summed E-state index contributed by atoms with van der Waals surface area (Å²) >= 11 is 0. The number of hydrogen-bond acceptors (Lipinski definition) is 5. The first-order chi connectivity index (χ1) is 9.11. The number of pyridine rings is 1. The van der Waals surface area contributed by atoms with E-state index in [1.54, 1.807) is 7.05 Å². The fraction of sp³-hybridized carbons (Fsp3) is 0.500. The Labute approximate surface area is 113 Å². The number of nitrogens with zero attached hydrogens (tertiary/aromatic N) is 3. The lowest BCUT2D eigenvalue weighted by molar-refractivity contribution is 0.379. The maximum atomic E-state index is 12.6. The van der Waals surface area contributed by atoms with Crippen molar-refractivity contribution in [2.24, 2.45) is 0 Å². The summed E-state index contributed by atoms with van der Waals surface area (Å²) in [5.74, 6) is 0. The van der Waals surface area contributed by atoms with Crippen molar-refractivity contribution in [1.29, 1.82) is 5.26 Å². The molecule has 0 radical (unpaired) electrons.